The van der Waals surface area contributed by atoms with Crippen LogP contribution in [0.4, 0.5) is 0 Å². The zero-order valence-electron chi connectivity index (χ0n) is 16.5. The minimum absolute atomic E-state index is 0.0358. The van der Waals surface area contributed by atoms with E-state index in [1.807, 2.05) is 0 Å². The van der Waals surface area contributed by atoms with E-state index < -0.39 is 42.1 Å². The molecule has 0 fully saturated rings. The molecule has 0 aliphatic carbocycles. The van der Waals surface area contributed by atoms with Crippen LogP contribution in [0.5, 0.6) is 0 Å². The van der Waals surface area contributed by atoms with Crippen molar-refractivity contribution in [3.05, 3.63) is 69.8 Å². The van der Waals surface area contributed by atoms with E-state index >= 15 is 0 Å². The van der Waals surface area contributed by atoms with Crippen LogP contribution in [-0.4, -0.2) is 42.1 Å². The van der Waals surface area contributed by atoms with Crippen molar-refractivity contribution in [2.45, 2.75) is 26.1 Å². The van der Waals surface area contributed by atoms with Gasteiger partial charge in [-0.3, -0.25) is 0 Å². The Morgan fingerprint density at radius 2 is 1.12 bits per heavy atom. The monoisotopic (exact) mass is 438 g/mol. The summed E-state index contributed by atoms with van der Waals surface area (Å²) >= 11 is 0. The Morgan fingerprint density at radius 1 is 0.719 bits per heavy atom. The molecule has 0 radical (unpaired) electrons. The molecule has 2 heterocycles. The van der Waals surface area contributed by atoms with Crippen LogP contribution in [0.15, 0.2) is 36.4 Å². The second-order valence-electron chi connectivity index (χ2n) is 6.90. The number of esters is 6. The largest absolute Gasteiger partial charge is 0.422 e. The minimum Gasteiger partial charge on any atom is -0.422 e. The number of benzene rings is 2. The lowest BCUT2D eigenvalue weighted by atomic mass is 10.1. The van der Waals surface area contributed by atoms with Crippen molar-refractivity contribution in [3.8, 4) is 0 Å². The standard InChI is InChI=1S/C22H14O10/c1-2-3-16(29-17(23)10-4-6-12-14(8-10)21(27)31-19(12)25)30-18(24)11-5-7-13-15(9-11)22(28)32-20(13)26/h4-9,16H,2-3H2,1H3. The first-order chi connectivity index (χ1) is 15.3. The van der Waals surface area contributed by atoms with Crippen LogP contribution >= 0.6 is 0 Å². The molecule has 0 saturated carbocycles. The maximum absolute atomic E-state index is 12.5. The molecular formula is C22H14O10. The summed E-state index contributed by atoms with van der Waals surface area (Å²) in [4.78, 5) is 71.4. The van der Waals surface area contributed by atoms with Gasteiger partial charge in [0.2, 0.25) is 6.29 Å². The molecule has 0 saturated heterocycles. The molecule has 0 N–H and O–H groups in total. The van der Waals surface area contributed by atoms with Gasteiger partial charge in [0, 0.05) is 6.42 Å². The number of ether oxygens (including phenoxy) is 4. The zero-order chi connectivity index (χ0) is 23.0. The lowest BCUT2D eigenvalue weighted by Gasteiger charge is -2.18. The van der Waals surface area contributed by atoms with E-state index in [9.17, 15) is 28.8 Å². The Kier molecular flexibility index (Phi) is 5.27. The average molecular weight is 438 g/mol. The minimum atomic E-state index is -1.26. The van der Waals surface area contributed by atoms with Crippen LogP contribution in [0.1, 0.15) is 81.9 Å². The highest BCUT2D eigenvalue weighted by Crippen LogP contribution is 2.24. The number of carbonyl (C=O) groups is 6. The number of fused-ring (bicyclic) bond motifs is 2. The van der Waals surface area contributed by atoms with Crippen molar-refractivity contribution in [3.63, 3.8) is 0 Å². The Labute approximate surface area is 180 Å². The van der Waals surface area contributed by atoms with E-state index in [1.54, 1.807) is 6.92 Å². The van der Waals surface area contributed by atoms with Crippen LogP contribution < -0.4 is 0 Å². The van der Waals surface area contributed by atoms with Crippen LogP contribution in [0.25, 0.3) is 0 Å². The maximum atomic E-state index is 12.5. The number of hydrogen-bond donors (Lipinski definition) is 0. The zero-order valence-corrected chi connectivity index (χ0v) is 16.5. The second kappa shape index (κ2) is 8.06. The highest BCUT2D eigenvalue weighted by Gasteiger charge is 2.32. The van der Waals surface area contributed by atoms with E-state index in [1.165, 1.54) is 36.4 Å². The average Bonchev–Trinajstić information content (AvgIpc) is 3.22. The third-order valence-corrected chi connectivity index (χ3v) is 4.76. The molecule has 0 aromatic heterocycles. The summed E-state index contributed by atoms with van der Waals surface area (Å²) in [5, 5.41) is 0. The molecule has 2 aliphatic heterocycles. The maximum Gasteiger partial charge on any atom is 0.346 e. The van der Waals surface area contributed by atoms with E-state index in [0.717, 1.165) is 0 Å². The number of cyclic esters (lactones) is 4. The Morgan fingerprint density at radius 3 is 1.53 bits per heavy atom. The first kappa shape index (κ1) is 20.9. The summed E-state index contributed by atoms with van der Waals surface area (Å²) in [6, 6.07) is 7.44. The topological polar surface area (TPSA) is 139 Å². The van der Waals surface area contributed by atoms with Crippen molar-refractivity contribution < 1.29 is 47.7 Å². The van der Waals surface area contributed by atoms with Gasteiger partial charge in [-0.2, -0.15) is 0 Å². The van der Waals surface area contributed by atoms with Crippen molar-refractivity contribution in [1.29, 1.82) is 0 Å². The van der Waals surface area contributed by atoms with Gasteiger partial charge in [0.25, 0.3) is 0 Å². The normalized spacial score (nSPS) is 14.1. The molecule has 32 heavy (non-hydrogen) atoms. The van der Waals surface area contributed by atoms with Gasteiger partial charge in [-0.15, -0.1) is 0 Å². The summed E-state index contributed by atoms with van der Waals surface area (Å²) in [5.74, 6) is -5.11. The fraction of sp³-hybridized carbons (Fsp3) is 0.182. The van der Waals surface area contributed by atoms with Crippen molar-refractivity contribution in [2.75, 3.05) is 0 Å². The molecule has 2 aromatic carbocycles. The van der Waals surface area contributed by atoms with Gasteiger partial charge in [0.1, 0.15) is 0 Å². The summed E-state index contributed by atoms with van der Waals surface area (Å²) in [7, 11) is 0. The summed E-state index contributed by atoms with van der Waals surface area (Å²) in [6.07, 6.45) is -0.584. The van der Waals surface area contributed by atoms with Crippen LogP contribution in [0.3, 0.4) is 0 Å². The SMILES string of the molecule is CCCC(OC(=O)c1ccc2c(c1)C(=O)OC2=O)OC(=O)c1ccc2c(c1)C(=O)OC2=O. The van der Waals surface area contributed by atoms with Gasteiger partial charge in [-0.05, 0) is 42.8 Å². The van der Waals surface area contributed by atoms with E-state index in [-0.39, 0.29) is 39.8 Å². The van der Waals surface area contributed by atoms with E-state index in [4.69, 9.17) is 9.47 Å². The lowest BCUT2D eigenvalue weighted by Crippen LogP contribution is -2.25. The molecule has 4 rings (SSSR count). The highest BCUT2D eigenvalue weighted by molar-refractivity contribution is 6.16. The predicted molar refractivity (Wildman–Crippen MR) is 102 cm³/mol. The fourth-order valence-electron chi connectivity index (χ4n) is 3.18. The summed E-state index contributed by atoms with van der Waals surface area (Å²) < 4.78 is 19.5. The third-order valence-electron chi connectivity index (χ3n) is 4.76. The van der Waals surface area contributed by atoms with Crippen molar-refractivity contribution in [2.24, 2.45) is 0 Å². The van der Waals surface area contributed by atoms with Crippen LogP contribution in [0.2, 0.25) is 0 Å². The van der Waals surface area contributed by atoms with Gasteiger partial charge in [-0.1, -0.05) is 6.92 Å². The molecule has 10 nitrogen and oxygen atoms in total. The molecule has 0 amide bonds. The summed E-state index contributed by atoms with van der Waals surface area (Å²) in [5.41, 5.74) is -0.118. The van der Waals surface area contributed by atoms with Crippen molar-refractivity contribution >= 4 is 35.8 Å². The van der Waals surface area contributed by atoms with Gasteiger partial charge in [-0.25, -0.2) is 28.8 Å². The van der Waals surface area contributed by atoms with E-state index in [2.05, 4.69) is 9.47 Å². The van der Waals surface area contributed by atoms with Crippen molar-refractivity contribution in [1.82, 2.24) is 0 Å². The van der Waals surface area contributed by atoms with Gasteiger partial charge >= 0.3 is 35.8 Å². The Hall–Kier alpha value is -4.34. The molecule has 0 bridgehead atoms. The lowest BCUT2D eigenvalue weighted by molar-refractivity contribution is -0.0831. The fourth-order valence-corrected chi connectivity index (χ4v) is 3.18. The van der Waals surface area contributed by atoms with E-state index in [0.29, 0.717) is 6.42 Å². The number of rotatable bonds is 6. The molecule has 0 atom stereocenters. The van der Waals surface area contributed by atoms with Crippen LogP contribution in [0, 0.1) is 0 Å². The van der Waals surface area contributed by atoms with Gasteiger partial charge in [0.15, 0.2) is 0 Å². The molecule has 0 unspecified atom stereocenters. The number of hydrogen-bond acceptors (Lipinski definition) is 10. The van der Waals surface area contributed by atoms with Crippen LogP contribution in [-0.2, 0) is 18.9 Å². The molecule has 2 aliphatic rings. The highest BCUT2D eigenvalue weighted by atomic mass is 16.7. The first-order valence-corrected chi connectivity index (χ1v) is 9.51. The Balaban J connectivity index is 1.49. The van der Waals surface area contributed by atoms with Gasteiger partial charge < -0.3 is 18.9 Å². The summed E-state index contributed by atoms with van der Waals surface area (Å²) in [6.45, 7) is 1.78. The molecule has 10 heteroatoms. The first-order valence-electron chi connectivity index (χ1n) is 9.51. The van der Waals surface area contributed by atoms with Gasteiger partial charge in [0.05, 0.1) is 33.4 Å². The third kappa shape index (κ3) is 3.73. The smallest absolute Gasteiger partial charge is 0.346 e. The molecule has 2 aromatic rings. The molecular weight excluding hydrogens is 424 g/mol. The second-order valence-corrected chi connectivity index (χ2v) is 6.90. The quantitative estimate of drug-likeness (QED) is 0.286. The molecule has 162 valence electrons. The number of carbonyl (C=O) groups excluding carboxylic acids is 6. The molecule has 0 spiro atoms. The predicted octanol–water partition coefficient (Wildman–Crippen LogP) is 2.45. The Bertz CT molecular complexity index is 1120.